The van der Waals surface area contributed by atoms with Gasteiger partial charge in [-0.25, -0.2) is 5.84 Å². The van der Waals surface area contributed by atoms with E-state index in [1.54, 1.807) is 0 Å². The zero-order valence-corrected chi connectivity index (χ0v) is 11.4. The summed E-state index contributed by atoms with van der Waals surface area (Å²) >= 11 is 0. The van der Waals surface area contributed by atoms with Crippen LogP contribution in [0.5, 0.6) is 0 Å². The lowest BCUT2D eigenvalue weighted by molar-refractivity contribution is -0.125. The molecule has 1 atom stereocenters. The lowest BCUT2D eigenvalue weighted by atomic mass is 10.1. The Morgan fingerprint density at radius 3 is 2.44 bits per heavy atom. The summed E-state index contributed by atoms with van der Waals surface area (Å²) in [4.78, 5) is 16.4. The van der Waals surface area contributed by atoms with Crippen LogP contribution in [0.1, 0.15) is 32.6 Å². The lowest BCUT2D eigenvalue weighted by Gasteiger charge is -2.38. The van der Waals surface area contributed by atoms with Crippen LogP contribution in [0.4, 0.5) is 0 Å². The Kier molecular flexibility index (Phi) is 4.97. The highest BCUT2D eigenvalue weighted by molar-refractivity contribution is 5.77. The lowest BCUT2D eigenvalue weighted by Crippen LogP contribution is -2.51. The predicted octanol–water partition coefficient (Wildman–Crippen LogP) is 0.173. The minimum atomic E-state index is -0.0618. The Hall–Kier alpha value is -0.650. The number of hydrogen-bond donors (Lipinski definition) is 2. The number of hydrogen-bond acceptors (Lipinski definition) is 4. The van der Waals surface area contributed by atoms with Crippen LogP contribution in [0.3, 0.4) is 0 Å². The van der Waals surface area contributed by atoms with E-state index in [4.69, 9.17) is 5.84 Å². The molecule has 2 fully saturated rings. The fraction of sp³-hybridized carbons (Fsp3) is 0.923. The SMILES string of the molecule is CC(CN1CCN(C2CCCC2)CC1)C(=O)NN. The Labute approximate surface area is 110 Å². The van der Waals surface area contributed by atoms with Gasteiger partial charge in [-0.3, -0.25) is 15.1 Å². The molecular weight excluding hydrogens is 228 g/mol. The van der Waals surface area contributed by atoms with E-state index in [2.05, 4.69) is 15.2 Å². The molecule has 0 aromatic carbocycles. The van der Waals surface area contributed by atoms with Crippen LogP contribution in [-0.2, 0) is 4.79 Å². The second-order valence-electron chi connectivity index (χ2n) is 5.68. The fourth-order valence-electron chi connectivity index (χ4n) is 3.19. The molecule has 0 bridgehead atoms. The molecule has 5 heteroatoms. The second kappa shape index (κ2) is 6.50. The van der Waals surface area contributed by atoms with E-state index in [9.17, 15) is 4.79 Å². The number of carbonyl (C=O) groups excluding carboxylic acids is 1. The molecule has 0 radical (unpaired) electrons. The minimum Gasteiger partial charge on any atom is -0.300 e. The Morgan fingerprint density at radius 1 is 1.28 bits per heavy atom. The van der Waals surface area contributed by atoms with Gasteiger partial charge in [0.15, 0.2) is 0 Å². The molecule has 1 amide bonds. The maximum Gasteiger partial charge on any atom is 0.237 e. The van der Waals surface area contributed by atoms with Gasteiger partial charge in [-0.15, -0.1) is 0 Å². The number of rotatable bonds is 4. The van der Waals surface area contributed by atoms with Crippen LogP contribution < -0.4 is 11.3 Å². The monoisotopic (exact) mass is 254 g/mol. The molecule has 104 valence electrons. The maximum absolute atomic E-state index is 11.4. The molecule has 18 heavy (non-hydrogen) atoms. The van der Waals surface area contributed by atoms with Crippen LogP contribution in [0.25, 0.3) is 0 Å². The number of amides is 1. The molecule has 0 spiro atoms. The summed E-state index contributed by atoms with van der Waals surface area (Å²) in [7, 11) is 0. The van der Waals surface area contributed by atoms with Crippen molar-refractivity contribution in [2.24, 2.45) is 11.8 Å². The number of carbonyl (C=O) groups is 1. The Balaban J connectivity index is 1.71. The molecule has 1 aliphatic heterocycles. The number of nitrogens with zero attached hydrogens (tertiary/aromatic N) is 2. The van der Waals surface area contributed by atoms with Crippen molar-refractivity contribution in [2.75, 3.05) is 32.7 Å². The van der Waals surface area contributed by atoms with Crippen molar-refractivity contribution in [1.82, 2.24) is 15.2 Å². The van der Waals surface area contributed by atoms with Crippen molar-refractivity contribution in [1.29, 1.82) is 0 Å². The standard InChI is InChI=1S/C13H26N4O/c1-11(13(18)15-14)10-16-6-8-17(9-7-16)12-4-2-3-5-12/h11-12H,2-10,14H2,1H3,(H,15,18). The zero-order valence-electron chi connectivity index (χ0n) is 11.4. The maximum atomic E-state index is 11.4. The highest BCUT2D eigenvalue weighted by atomic mass is 16.2. The van der Waals surface area contributed by atoms with E-state index >= 15 is 0 Å². The third-order valence-electron chi connectivity index (χ3n) is 4.37. The molecule has 0 aromatic heterocycles. The third-order valence-corrected chi connectivity index (χ3v) is 4.37. The molecule has 1 saturated carbocycles. The molecule has 1 saturated heterocycles. The minimum absolute atomic E-state index is 0.0203. The molecule has 1 heterocycles. The topological polar surface area (TPSA) is 61.6 Å². The van der Waals surface area contributed by atoms with E-state index in [1.165, 1.54) is 25.7 Å². The van der Waals surface area contributed by atoms with Gasteiger partial charge in [0.2, 0.25) is 5.91 Å². The smallest absolute Gasteiger partial charge is 0.237 e. The van der Waals surface area contributed by atoms with Crippen LogP contribution in [0, 0.1) is 5.92 Å². The van der Waals surface area contributed by atoms with E-state index in [0.29, 0.717) is 0 Å². The van der Waals surface area contributed by atoms with Crippen LogP contribution >= 0.6 is 0 Å². The summed E-state index contributed by atoms with van der Waals surface area (Å²) < 4.78 is 0. The van der Waals surface area contributed by atoms with Crippen LogP contribution in [-0.4, -0.2) is 54.5 Å². The molecule has 1 aliphatic carbocycles. The predicted molar refractivity (Wildman–Crippen MR) is 71.8 cm³/mol. The fourth-order valence-corrected chi connectivity index (χ4v) is 3.19. The number of nitrogens with one attached hydrogen (secondary N) is 1. The van der Waals surface area contributed by atoms with Gasteiger partial charge in [0.1, 0.15) is 0 Å². The van der Waals surface area contributed by atoms with Crippen molar-refractivity contribution in [3.05, 3.63) is 0 Å². The van der Waals surface area contributed by atoms with E-state index < -0.39 is 0 Å². The summed E-state index contributed by atoms with van der Waals surface area (Å²) in [5.41, 5.74) is 2.23. The van der Waals surface area contributed by atoms with E-state index in [1.807, 2.05) is 6.92 Å². The van der Waals surface area contributed by atoms with Crippen molar-refractivity contribution in [3.8, 4) is 0 Å². The van der Waals surface area contributed by atoms with Crippen molar-refractivity contribution >= 4 is 5.91 Å². The van der Waals surface area contributed by atoms with E-state index in [-0.39, 0.29) is 11.8 Å². The van der Waals surface area contributed by atoms with Gasteiger partial charge >= 0.3 is 0 Å². The van der Waals surface area contributed by atoms with Gasteiger partial charge in [-0.2, -0.15) is 0 Å². The van der Waals surface area contributed by atoms with E-state index in [0.717, 1.165) is 38.8 Å². The number of hydrazine groups is 1. The van der Waals surface area contributed by atoms with Gasteiger partial charge < -0.3 is 4.90 Å². The zero-order chi connectivity index (χ0) is 13.0. The molecule has 1 unspecified atom stereocenters. The molecule has 5 nitrogen and oxygen atoms in total. The van der Waals surface area contributed by atoms with Gasteiger partial charge in [-0.1, -0.05) is 19.8 Å². The number of piperazine rings is 1. The molecule has 0 aromatic rings. The third kappa shape index (κ3) is 3.43. The Morgan fingerprint density at radius 2 is 1.89 bits per heavy atom. The van der Waals surface area contributed by atoms with Gasteiger partial charge in [0, 0.05) is 44.7 Å². The summed E-state index contributed by atoms with van der Waals surface area (Å²) in [6.07, 6.45) is 5.56. The molecular formula is C13H26N4O. The summed E-state index contributed by atoms with van der Waals surface area (Å²) in [5, 5.41) is 0. The highest BCUT2D eigenvalue weighted by Gasteiger charge is 2.27. The van der Waals surface area contributed by atoms with Crippen molar-refractivity contribution in [3.63, 3.8) is 0 Å². The highest BCUT2D eigenvalue weighted by Crippen LogP contribution is 2.24. The summed E-state index contributed by atoms with van der Waals surface area (Å²) in [6, 6.07) is 0.830. The first kappa shape index (κ1) is 13.8. The summed E-state index contributed by atoms with van der Waals surface area (Å²) in [5.74, 6) is 5.07. The second-order valence-corrected chi connectivity index (χ2v) is 5.68. The molecule has 2 aliphatic rings. The Bertz CT molecular complexity index is 270. The molecule has 3 N–H and O–H groups in total. The first-order chi connectivity index (χ1) is 8.70. The first-order valence-corrected chi connectivity index (χ1v) is 7.17. The van der Waals surface area contributed by atoms with Gasteiger partial charge in [0.25, 0.3) is 0 Å². The van der Waals surface area contributed by atoms with Crippen molar-refractivity contribution in [2.45, 2.75) is 38.6 Å². The average Bonchev–Trinajstić information content (AvgIpc) is 2.92. The number of nitrogens with two attached hydrogens (primary N) is 1. The van der Waals surface area contributed by atoms with Crippen LogP contribution in [0.15, 0.2) is 0 Å². The average molecular weight is 254 g/mol. The normalized spacial score (nSPS) is 25.2. The van der Waals surface area contributed by atoms with Gasteiger partial charge in [-0.05, 0) is 12.8 Å². The first-order valence-electron chi connectivity index (χ1n) is 7.17. The largest absolute Gasteiger partial charge is 0.300 e. The van der Waals surface area contributed by atoms with Gasteiger partial charge in [0.05, 0.1) is 0 Å². The van der Waals surface area contributed by atoms with Crippen molar-refractivity contribution < 1.29 is 4.79 Å². The summed E-state index contributed by atoms with van der Waals surface area (Å²) in [6.45, 7) is 7.23. The quantitative estimate of drug-likeness (QED) is 0.427. The van der Waals surface area contributed by atoms with Crippen LogP contribution in [0.2, 0.25) is 0 Å². The molecule has 2 rings (SSSR count).